The van der Waals surface area contributed by atoms with Crippen LogP contribution >= 0.6 is 0 Å². The van der Waals surface area contributed by atoms with Crippen LogP contribution in [0.1, 0.15) is 29.0 Å². The van der Waals surface area contributed by atoms with Crippen LogP contribution in [0, 0.1) is 6.92 Å². The molecular formula is C11H15NO3. The van der Waals surface area contributed by atoms with E-state index in [0.29, 0.717) is 30.8 Å². The first kappa shape index (κ1) is 11.7. The number of carbonyl (C=O) groups excluding carboxylic acids is 1. The summed E-state index contributed by atoms with van der Waals surface area (Å²) in [6.07, 6.45) is 2.16. The summed E-state index contributed by atoms with van der Waals surface area (Å²) in [5.41, 5.74) is 1.12. The van der Waals surface area contributed by atoms with Crippen molar-refractivity contribution >= 4 is 6.29 Å². The van der Waals surface area contributed by atoms with Gasteiger partial charge >= 0.3 is 0 Å². The van der Waals surface area contributed by atoms with Gasteiger partial charge < -0.3 is 9.84 Å². The molecule has 0 radical (unpaired) electrons. The van der Waals surface area contributed by atoms with Crippen molar-refractivity contribution in [3.63, 3.8) is 0 Å². The highest BCUT2D eigenvalue weighted by molar-refractivity contribution is 5.76. The average molecular weight is 209 g/mol. The van der Waals surface area contributed by atoms with Crippen molar-refractivity contribution in [2.24, 2.45) is 0 Å². The molecule has 4 nitrogen and oxygen atoms in total. The van der Waals surface area contributed by atoms with Gasteiger partial charge in [-0.3, -0.25) is 4.79 Å². The monoisotopic (exact) mass is 209 g/mol. The lowest BCUT2D eigenvalue weighted by atomic mass is 10.3. The molecule has 1 aromatic rings. The van der Waals surface area contributed by atoms with E-state index < -0.39 is 0 Å². The third kappa shape index (κ3) is 3.67. The molecule has 0 aliphatic heterocycles. The number of carbonyl (C=O) groups is 1. The third-order valence-corrected chi connectivity index (χ3v) is 1.95. The second kappa shape index (κ2) is 6.14. The molecule has 0 amide bonds. The average Bonchev–Trinajstić information content (AvgIpc) is 2.26. The first-order valence-corrected chi connectivity index (χ1v) is 4.94. The third-order valence-electron chi connectivity index (χ3n) is 1.95. The van der Waals surface area contributed by atoms with Gasteiger partial charge in [-0.05, 0) is 31.9 Å². The molecule has 15 heavy (non-hydrogen) atoms. The van der Waals surface area contributed by atoms with Gasteiger partial charge in [-0.25, -0.2) is 4.98 Å². The predicted molar refractivity (Wildman–Crippen MR) is 56.2 cm³/mol. The Morgan fingerprint density at radius 3 is 2.93 bits per heavy atom. The maximum absolute atomic E-state index is 10.7. The second-order valence-electron chi connectivity index (χ2n) is 3.23. The lowest BCUT2D eigenvalue weighted by molar-refractivity contribution is 0.111. The Kier molecular flexibility index (Phi) is 4.77. The van der Waals surface area contributed by atoms with Crippen LogP contribution in [0.5, 0.6) is 5.75 Å². The molecule has 0 aromatic carbocycles. The zero-order valence-corrected chi connectivity index (χ0v) is 8.77. The van der Waals surface area contributed by atoms with Crippen LogP contribution in [0.25, 0.3) is 0 Å². The minimum Gasteiger partial charge on any atom is -0.491 e. The highest BCUT2D eigenvalue weighted by Gasteiger charge is 2.04. The Morgan fingerprint density at radius 2 is 2.27 bits per heavy atom. The molecule has 0 unspecified atom stereocenters. The number of aldehydes is 1. The minimum absolute atomic E-state index is 0.163. The van der Waals surface area contributed by atoms with E-state index in [2.05, 4.69) is 4.98 Å². The summed E-state index contributed by atoms with van der Waals surface area (Å²) in [4.78, 5) is 14.7. The van der Waals surface area contributed by atoms with Gasteiger partial charge in [0.05, 0.1) is 6.61 Å². The number of hydrogen-bond donors (Lipinski definition) is 1. The molecule has 0 aliphatic carbocycles. The molecule has 0 saturated heterocycles. The van der Waals surface area contributed by atoms with Crippen molar-refractivity contribution in [1.82, 2.24) is 4.98 Å². The summed E-state index contributed by atoms with van der Waals surface area (Å²) in [5, 5.41) is 8.58. The Morgan fingerprint density at radius 1 is 1.47 bits per heavy atom. The Balaban J connectivity index is 2.56. The SMILES string of the molecule is Cc1ccc(OCCCCO)c(C=O)n1. The van der Waals surface area contributed by atoms with Crippen molar-refractivity contribution in [3.8, 4) is 5.75 Å². The zero-order chi connectivity index (χ0) is 11.1. The van der Waals surface area contributed by atoms with E-state index >= 15 is 0 Å². The normalized spacial score (nSPS) is 10.0. The quantitative estimate of drug-likeness (QED) is 0.567. The largest absolute Gasteiger partial charge is 0.491 e. The molecule has 0 atom stereocenters. The van der Waals surface area contributed by atoms with Gasteiger partial charge in [0.25, 0.3) is 0 Å². The molecule has 1 heterocycles. The Hall–Kier alpha value is -1.42. The smallest absolute Gasteiger partial charge is 0.172 e. The summed E-state index contributed by atoms with van der Waals surface area (Å²) in [7, 11) is 0. The number of aliphatic hydroxyl groups is 1. The summed E-state index contributed by atoms with van der Waals surface area (Å²) < 4.78 is 5.38. The van der Waals surface area contributed by atoms with E-state index in [1.54, 1.807) is 12.1 Å². The molecule has 0 spiro atoms. The van der Waals surface area contributed by atoms with Gasteiger partial charge in [-0.1, -0.05) is 0 Å². The summed E-state index contributed by atoms with van der Waals surface area (Å²) in [6.45, 7) is 2.48. The molecule has 1 rings (SSSR count). The lowest BCUT2D eigenvalue weighted by Gasteiger charge is -2.07. The lowest BCUT2D eigenvalue weighted by Crippen LogP contribution is -2.02. The molecule has 1 aromatic heterocycles. The first-order valence-electron chi connectivity index (χ1n) is 4.94. The first-order chi connectivity index (χ1) is 7.27. The highest BCUT2D eigenvalue weighted by atomic mass is 16.5. The van der Waals surface area contributed by atoms with E-state index in [1.165, 1.54) is 0 Å². The zero-order valence-electron chi connectivity index (χ0n) is 8.77. The fourth-order valence-electron chi connectivity index (χ4n) is 1.17. The van der Waals surface area contributed by atoms with Crippen LogP contribution in [0.4, 0.5) is 0 Å². The number of aromatic nitrogens is 1. The number of rotatable bonds is 6. The van der Waals surface area contributed by atoms with Gasteiger partial charge in [0.1, 0.15) is 11.4 Å². The van der Waals surface area contributed by atoms with Crippen LogP contribution in [-0.2, 0) is 0 Å². The molecule has 1 N–H and O–H groups in total. The van der Waals surface area contributed by atoms with Crippen molar-refractivity contribution < 1.29 is 14.6 Å². The van der Waals surface area contributed by atoms with Crippen molar-refractivity contribution in [1.29, 1.82) is 0 Å². The molecule has 0 bridgehead atoms. The van der Waals surface area contributed by atoms with E-state index in [1.807, 2.05) is 6.92 Å². The minimum atomic E-state index is 0.163. The van der Waals surface area contributed by atoms with Crippen LogP contribution in [0.2, 0.25) is 0 Å². The molecule has 0 aliphatic rings. The number of hydrogen-bond acceptors (Lipinski definition) is 4. The summed E-state index contributed by atoms with van der Waals surface area (Å²) in [6, 6.07) is 3.54. The Bertz CT molecular complexity index is 326. The number of nitrogens with zero attached hydrogens (tertiary/aromatic N) is 1. The standard InChI is InChI=1S/C11H15NO3/c1-9-4-5-11(10(8-14)12-9)15-7-3-2-6-13/h4-5,8,13H,2-3,6-7H2,1H3. The molecule has 0 saturated carbocycles. The van der Waals surface area contributed by atoms with Gasteiger partial charge in [0.2, 0.25) is 0 Å². The second-order valence-corrected chi connectivity index (χ2v) is 3.23. The van der Waals surface area contributed by atoms with E-state index in [-0.39, 0.29) is 6.61 Å². The number of pyridine rings is 1. The number of aliphatic hydroxyl groups excluding tert-OH is 1. The molecule has 0 fully saturated rings. The van der Waals surface area contributed by atoms with Gasteiger partial charge in [0.15, 0.2) is 6.29 Å². The predicted octanol–water partition coefficient (Wildman–Crippen LogP) is 1.35. The van der Waals surface area contributed by atoms with E-state index in [9.17, 15) is 4.79 Å². The highest BCUT2D eigenvalue weighted by Crippen LogP contribution is 2.15. The number of ether oxygens (including phenoxy) is 1. The van der Waals surface area contributed by atoms with Crippen molar-refractivity contribution in [2.45, 2.75) is 19.8 Å². The van der Waals surface area contributed by atoms with Crippen LogP contribution < -0.4 is 4.74 Å². The topological polar surface area (TPSA) is 59.4 Å². The van der Waals surface area contributed by atoms with Crippen molar-refractivity contribution in [2.75, 3.05) is 13.2 Å². The van der Waals surface area contributed by atoms with E-state index in [0.717, 1.165) is 12.1 Å². The summed E-state index contributed by atoms with van der Waals surface area (Å²) >= 11 is 0. The number of unbranched alkanes of at least 4 members (excludes halogenated alkanes) is 1. The number of aryl methyl sites for hydroxylation is 1. The maximum Gasteiger partial charge on any atom is 0.172 e. The fraction of sp³-hybridized carbons (Fsp3) is 0.455. The van der Waals surface area contributed by atoms with Crippen LogP contribution in [0.3, 0.4) is 0 Å². The van der Waals surface area contributed by atoms with Gasteiger partial charge in [-0.15, -0.1) is 0 Å². The summed E-state index contributed by atoms with van der Waals surface area (Å²) in [5.74, 6) is 0.508. The molecule has 4 heteroatoms. The van der Waals surface area contributed by atoms with Crippen LogP contribution in [-0.4, -0.2) is 29.6 Å². The van der Waals surface area contributed by atoms with Gasteiger partial charge in [0, 0.05) is 12.3 Å². The molecule has 82 valence electrons. The fourth-order valence-corrected chi connectivity index (χ4v) is 1.17. The van der Waals surface area contributed by atoms with Crippen LogP contribution in [0.15, 0.2) is 12.1 Å². The Labute approximate surface area is 88.9 Å². The maximum atomic E-state index is 10.7. The van der Waals surface area contributed by atoms with Crippen molar-refractivity contribution in [3.05, 3.63) is 23.5 Å². The van der Waals surface area contributed by atoms with E-state index in [4.69, 9.17) is 9.84 Å². The van der Waals surface area contributed by atoms with Gasteiger partial charge in [-0.2, -0.15) is 0 Å². The molecular weight excluding hydrogens is 194 g/mol.